The number of fused-ring (bicyclic) bond motifs is 2. The first-order valence-electron chi connectivity index (χ1n) is 24.3. The Morgan fingerprint density at radius 2 is 0.855 bits per heavy atom. The lowest BCUT2D eigenvalue weighted by Crippen LogP contribution is -2.50. The van der Waals surface area contributed by atoms with Crippen LogP contribution in [0.25, 0.3) is 0 Å². The van der Waals surface area contributed by atoms with Crippen LogP contribution in [0.2, 0.25) is 0 Å². The van der Waals surface area contributed by atoms with Crippen molar-refractivity contribution in [2.75, 3.05) is 39.6 Å². The van der Waals surface area contributed by atoms with Gasteiger partial charge in [-0.3, -0.25) is 28.8 Å². The third-order valence-corrected chi connectivity index (χ3v) is 15.4. The summed E-state index contributed by atoms with van der Waals surface area (Å²) in [6.07, 6.45) is 19.1. The van der Waals surface area contributed by atoms with E-state index in [9.17, 15) is 28.8 Å². The van der Waals surface area contributed by atoms with E-state index in [2.05, 4.69) is 0 Å². The van der Waals surface area contributed by atoms with Gasteiger partial charge in [-0.25, -0.2) is 0 Å². The molecule has 7 rings (SSSR count). The standard InChI is InChI=1S/C19H30O4.C16H26O4.C15H26O4/c1-4-18(2,3)16(20)22-5-6-23-17(21)19-10-13-7-14(11-19)9-15(8-13)12-19;1-4-16(2,3)15(18)20-8-7-19-14(17)13-10-11-5-6-12(13)9-11;1-4-15(2,3)14(17)19-11-10-18-13(16)12-8-6-5-7-9-12/h13-15H,4-12H2,1-3H3;11-13H,4-10H2,1-3H3;12H,4-11H2,1-3H3. The smallest absolute Gasteiger partial charge is 0.312 e. The SMILES string of the molecule is CCC(C)(C)C(=O)OCCOC(=O)C12CC3CC(CC(C3)C1)C2.CCC(C)(C)C(=O)OCCOC(=O)C1CC2CCC1C2.CCC(C)(C)C(=O)OCCOC(=O)C1CCCCC1. The number of esters is 6. The number of ether oxygens (including phenoxy) is 6. The molecule has 0 radical (unpaired) electrons. The Labute approximate surface area is 372 Å². The van der Waals surface area contributed by atoms with Gasteiger partial charge in [0.15, 0.2) is 0 Å². The molecule has 0 heterocycles. The summed E-state index contributed by atoms with van der Waals surface area (Å²) in [6.45, 7) is 18.0. The summed E-state index contributed by atoms with van der Waals surface area (Å²) >= 11 is 0. The van der Waals surface area contributed by atoms with Crippen molar-refractivity contribution in [1.82, 2.24) is 0 Å². The van der Waals surface area contributed by atoms with E-state index in [0.717, 1.165) is 94.3 Å². The normalized spacial score (nSPS) is 27.4. The Morgan fingerprint density at radius 1 is 0.452 bits per heavy atom. The minimum absolute atomic E-state index is 0.0394. The lowest BCUT2D eigenvalue weighted by molar-refractivity contribution is -0.175. The molecule has 0 aliphatic heterocycles. The van der Waals surface area contributed by atoms with Crippen LogP contribution in [-0.4, -0.2) is 75.5 Å². The van der Waals surface area contributed by atoms with Crippen molar-refractivity contribution in [3.63, 3.8) is 0 Å². The van der Waals surface area contributed by atoms with Gasteiger partial charge in [0.25, 0.3) is 0 Å². The predicted octanol–water partition coefficient (Wildman–Crippen LogP) is 9.76. The van der Waals surface area contributed by atoms with Gasteiger partial charge < -0.3 is 28.4 Å². The van der Waals surface area contributed by atoms with Crippen LogP contribution in [0.15, 0.2) is 0 Å². The van der Waals surface area contributed by atoms with E-state index >= 15 is 0 Å². The maximum Gasteiger partial charge on any atom is 0.312 e. The van der Waals surface area contributed by atoms with Crippen molar-refractivity contribution in [3.05, 3.63) is 0 Å². The molecular weight excluding hydrogens is 793 g/mol. The van der Waals surface area contributed by atoms with E-state index in [-0.39, 0.29) is 92.7 Å². The van der Waals surface area contributed by atoms with E-state index in [4.69, 9.17) is 28.4 Å². The second-order valence-corrected chi connectivity index (χ2v) is 21.4. The Balaban J connectivity index is 0.000000206. The number of rotatable bonds is 18. The highest BCUT2D eigenvalue weighted by Crippen LogP contribution is 2.60. The second kappa shape index (κ2) is 23.1. The van der Waals surface area contributed by atoms with Gasteiger partial charge in [-0.2, -0.15) is 0 Å². The zero-order chi connectivity index (χ0) is 45.7. The quantitative estimate of drug-likeness (QED) is 0.0731. The Kier molecular flexibility index (Phi) is 19.2. The third-order valence-electron chi connectivity index (χ3n) is 15.4. The summed E-state index contributed by atoms with van der Waals surface area (Å²) in [7, 11) is 0. The van der Waals surface area contributed by atoms with Crippen molar-refractivity contribution >= 4 is 35.8 Å². The van der Waals surface area contributed by atoms with E-state index in [1.807, 2.05) is 62.3 Å². The number of carbonyl (C=O) groups excluding carboxylic acids is 6. The largest absolute Gasteiger partial charge is 0.462 e. The molecule has 3 atom stereocenters. The number of hydrogen-bond acceptors (Lipinski definition) is 12. The predicted molar refractivity (Wildman–Crippen MR) is 234 cm³/mol. The van der Waals surface area contributed by atoms with Crippen molar-refractivity contribution in [2.24, 2.45) is 63.1 Å². The molecule has 0 spiro atoms. The number of hydrogen-bond donors (Lipinski definition) is 0. The molecule has 7 saturated carbocycles. The van der Waals surface area contributed by atoms with E-state index in [0.29, 0.717) is 5.92 Å². The average molecular weight is 875 g/mol. The maximum atomic E-state index is 12.6. The van der Waals surface area contributed by atoms with Gasteiger partial charge >= 0.3 is 35.8 Å². The topological polar surface area (TPSA) is 158 Å². The molecule has 0 aromatic heterocycles. The molecule has 12 nitrogen and oxygen atoms in total. The lowest BCUT2D eigenvalue weighted by atomic mass is 9.49. The Morgan fingerprint density at radius 3 is 1.24 bits per heavy atom. The van der Waals surface area contributed by atoms with Gasteiger partial charge in [0.1, 0.15) is 39.6 Å². The van der Waals surface area contributed by atoms with Crippen LogP contribution in [-0.2, 0) is 57.2 Å². The van der Waals surface area contributed by atoms with E-state index in [1.54, 1.807) is 0 Å². The fraction of sp³-hybridized carbons (Fsp3) is 0.880. The van der Waals surface area contributed by atoms with E-state index < -0.39 is 16.2 Å². The fourth-order valence-corrected chi connectivity index (χ4v) is 10.5. The molecule has 12 heteroatoms. The molecule has 3 unspecified atom stereocenters. The minimum Gasteiger partial charge on any atom is -0.462 e. The molecule has 7 aliphatic rings. The first kappa shape index (κ1) is 51.5. The zero-order valence-electron chi connectivity index (χ0n) is 39.9. The van der Waals surface area contributed by atoms with Gasteiger partial charge in [-0.1, -0.05) is 46.5 Å². The van der Waals surface area contributed by atoms with Crippen molar-refractivity contribution < 1.29 is 57.2 Å². The first-order valence-corrected chi connectivity index (χ1v) is 24.3. The van der Waals surface area contributed by atoms with Crippen molar-refractivity contribution in [3.8, 4) is 0 Å². The Hall–Kier alpha value is -3.18. The van der Waals surface area contributed by atoms with E-state index in [1.165, 1.54) is 44.9 Å². The summed E-state index contributed by atoms with van der Waals surface area (Å²) in [5, 5.41) is 0. The molecular formula is C50H82O12. The maximum absolute atomic E-state index is 12.6. The van der Waals surface area contributed by atoms with Crippen LogP contribution in [0.1, 0.15) is 178 Å². The summed E-state index contributed by atoms with van der Waals surface area (Å²) < 4.78 is 31.5. The summed E-state index contributed by atoms with van der Waals surface area (Å²) in [4.78, 5) is 71.7. The van der Waals surface area contributed by atoms with Gasteiger partial charge in [-0.05, 0) is 161 Å². The molecule has 62 heavy (non-hydrogen) atoms. The average Bonchev–Trinajstić information content (AvgIpc) is 3.90. The summed E-state index contributed by atoms with van der Waals surface area (Å²) in [5.41, 5.74) is -1.62. The van der Waals surface area contributed by atoms with Crippen LogP contribution in [0.3, 0.4) is 0 Å². The molecule has 7 aliphatic carbocycles. The van der Waals surface area contributed by atoms with Gasteiger partial charge in [0, 0.05) is 0 Å². The molecule has 0 aromatic carbocycles. The van der Waals surface area contributed by atoms with Crippen LogP contribution in [0, 0.1) is 63.1 Å². The molecule has 0 amide bonds. The van der Waals surface area contributed by atoms with Gasteiger partial charge in [-0.15, -0.1) is 0 Å². The fourth-order valence-electron chi connectivity index (χ4n) is 10.5. The highest BCUT2D eigenvalue weighted by molar-refractivity contribution is 5.78. The van der Waals surface area contributed by atoms with Gasteiger partial charge in [0.2, 0.25) is 0 Å². The van der Waals surface area contributed by atoms with Crippen LogP contribution in [0.4, 0.5) is 0 Å². The van der Waals surface area contributed by atoms with Crippen LogP contribution < -0.4 is 0 Å². The summed E-state index contributed by atoms with van der Waals surface area (Å²) in [6, 6.07) is 0. The van der Waals surface area contributed by atoms with Crippen molar-refractivity contribution in [2.45, 2.75) is 178 Å². The molecule has 0 saturated heterocycles. The molecule has 7 fully saturated rings. The third kappa shape index (κ3) is 14.4. The molecule has 354 valence electrons. The van der Waals surface area contributed by atoms with Gasteiger partial charge in [0.05, 0.1) is 33.5 Å². The highest BCUT2D eigenvalue weighted by Gasteiger charge is 2.55. The zero-order valence-corrected chi connectivity index (χ0v) is 39.9. The Bertz CT molecular complexity index is 1470. The minimum atomic E-state index is -0.468. The molecule has 0 N–H and O–H groups in total. The first-order chi connectivity index (χ1) is 29.3. The second-order valence-electron chi connectivity index (χ2n) is 21.4. The molecule has 6 bridgehead atoms. The highest BCUT2D eigenvalue weighted by atomic mass is 16.6. The monoisotopic (exact) mass is 875 g/mol. The lowest BCUT2D eigenvalue weighted by Gasteiger charge is -2.55. The van der Waals surface area contributed by atoms with Crippen LogP contribution in [0.5, 0.6) is 0 Å². The molecule has 0 aromatic rings. The van der Waals surface area contributed by atoms with Crippen molar-refractivity contribution in [1.29, 1.82) is 0 Å². The number of carbonyl (C=O) groups is 6. The van der Waals surface area contributed by atoms with Crippen LogP contribution >= 0.6 is 0 Å². The summed E-state index contributed by atoms with van der Waals surface area (Å²) in [5.74, 6) is 2.68.